The Morgan fingerprint density at radius 3 is 2.94 bits per heavy atom. The van der Waals surface area contributed by atoms with E-state index in [1.807, 2.05) is 4.90 Å². The number of ether oxygens (including phenoxy) is 1. The molecule has 0 radical (unpaired) electrons. The van der Waals surface area contributed by atoms with Crippen LogP contribution >= 0.6 is 0 Å². The summed E-state index contributed by atoms with van der Waals surface area (Å²) >= 11 is 0. The van der Waals surface area contributed by atoms with Crippen LogP contribution in [0.5, 0.6) is 0 Å². The van der Waals surface area contributed by atoms with Gasteiger partial charge in [0.15, 0.2) is 0 Å². The monoisotopic (exact) mass is 240 g/mol. The number of likely N-dealkylation sites (tertiary alicyclic amines) is 1. The SMILES string of the molecule is NCC1CCCN(C(=O)CCC2CCCO2)C1. The topological polar surface area (TPSA) is 55.6 Å². The summed E-state index contributed by atoms with van der Waals surface area (Å²) in [4.78, 5) is 14.0. The van der Waals surface area contributed by atoms with Gasteiger partial charge in [-0.05, 0) is 44.6 Å². The molecule has 2 fully saturated rings. The zero-order valence-corrected chi connectivity index (χ0v) is 10.6. The fraction of sp³-hybridized carbons (Fsp3) is 0.923. The van der Waals surface area contributed by atoms with Gasteiger partial charge in [-0.1, -0.05) is 0 Å². The molecule has 2 rings (SSSR count). The standard InChI is InChI=1S/C13H24N2O2/c14-9-11-3-1-7-15(10-11)13(16)6-5-12-4-2-8-17-12/h11-12H,1-10,14H2. The Hall–Kier alpha value is -0.610. The molecule has 2 N–H and O–H groups in total. The van der Waals surface area contributed by atoms with Crippen molar-refractivity contribution in [3.63, 3.8) is 0 Å². The number of hydrogen-bond donors (Lipinski definition) is 1. The highest BCUT2D eigenvalue weighted by Crippen LogP contribution is 2.20. The minimum Gasteiger partial charge on any atom is -0.378 e. The summed E-state index contributed by atoms with van der Waals surface area (Å²) in [7, 11) is 0. The van der Waals surface area contributed by atoms with Gasteiger partial charge in [-0.15, -0.1) is 0 Å². The zero-order valence-electron chi connectivity index (χ0n) is 10.6. The Balaban J connectivity index is 1.71. The van der Waals surface area contributed by atoms with Crippen molar-refractivity contribution in [2.75, 3.05) is 26.2 Å². The van der Waals surface area contributed by atoms with Crippen LogP contribution in [-0.4, -0.2) is 43.2 Å². The Morgan fingerprint density at radius 1 is 1.35 bits per heavy atom. The van der Waals surface area contributed by atoms with Crippen LogP contribution in [0.4, 0.5) is 0 Å². The lowest BCUT2D eigenvalue weighted by atomic mass is 9.98. The Morgan fingerprint density at radius 2 is 2.24 bits per heavy atom. The minimum atomic E-state index is 0.290. The number of nitrogens with zero attached hydrogens (tertiary/aromatic N) is 1. The average molecular weight is 240 g/mol. The first kappa shape index (κ1) is 12.8. The molecule has 4 nitrogen and oxygen atoms in total. The third kappa shape index (κ3) is 3.68. The molecule has 98 valence electrons. The zero-order chi connectivity index (χ0) is 12.1. The van der Waals surface area contributed by atoms with E-state index in [1.165, 1.54) is 6.42 Å². The summed E-state index contributed by atoms with van der Waals surface area (Å²) in [5, 5.41) is 0. The number of hydrogen-bond acceptors (Lipinski definition) is 3. The summed E-state index contributed by atoms with van der Waals surface area (Å²) in [5.41, 5.74) is 5.68. The molecule has 2 aliphatic rings. The van der Waals surface area contributed by atoms with E-state index in [2.05, 4.69) is 0 Å². The van der Waals surface area contributed by atoms with E-state index in [9.17, 15) is 4.79 Å². The highest BCUT2D eigenvalue weighted by molar-refractivity contribution is 5.76. The number of carbonyl (C=O) groups is 1. The van der Waals surface area contributed by atoms with E-state index in [-0.39, 0.29) is 0 Å². The highest BCUT2D eigenvalue weighted by atomic mass is 16.5. The molecule has 0 spiro atoms. The lowest BCUT2D eigenvalue weighted by molar-refractivity contribution is -0.133. The first-order chi connectivity index (χ1) is 8.29. The maximum Gasteiger partial charge on any atom is 0.222 e. The molecule has 2 saturated heterocycles. The van der Waals surface area contributed by atoms with Crippen molar-refractivity contribution in [1.29, 1.82) is 0 Å². The Bertz CT molecular complexity index is 252. The summed E-state index contributed by atoms with van der Waals surface area (Å²) < 4.78 is 5.54. The maximum absolute atomic E-state index is 12.0. The summed E-state index contributed by atoms with van der Waals surface area (Å²) in [6.07, 6.45) is 6.41. The second-order valence-corrected chi connectivity index (χ2v) is 5.26. The molecule has 0 aromatic carbocycles. The van der Waals surface area contributed by atoms with Crippen LogP contribution < -0.4 is 5.73 Å². The first-order valence-corrected chi connectivity index (χ1v) is 6.89. The van der Waals surface area contributed by atoms with Crippen molar-refractivity contribution < 1.29 is 9.53 Å². The fourth-order valence-electron chi connectivity index (χ4n) is 2.80. The maximum atomic E-state index is 12.0. The van der Waals surface area contributed by atoms with E-state index in [0.29, 0.717) is 30.9 Å². The lowest BCUT2D eigenvalue weighted by Crippen LogP contribution is -2.42. The lowest BCUT2D eigenvalue weighted by Gasteiger charge is -2.32. The van der Waals surface area contributed by atoms with E-state index < -0.39 is 0 Å². The van der Waals surface area contributed by atoms with Gasteiger partial charge in [-0.25, -0.2) is 0 Å². The van der Waals surface area contributed by atoms with Crippen molar-refractivity contribution in [2.45, 2.75) is 44.6 Å². The van der Waals surface area contributed by atoms with E-state index in [4.69, 9.17) is 10.5 Å². The first-order valence-electron chi connectivity index (χ1n) is 6.89. The van der Waals surface area contributed by atoms with E-state index in [1.54, 1.807) is 0 Å². The predicted molar refractivity (Wildman–Crippen MR) is 66.6 cm³/mol. The van der Waals surface area contributed by atoms with Crippen LogP contribution in [0.15, 0.2) is 0 Å². The van der Waals surface area contributed by atoms with Crippen molar-refractivity contribution in [1.82, 2.24) is 4.90 Å². The second-order valence-electron chi connectivity index (χ2n) is 5.26. The number of amides is 1. The van der Waals surface area contributed by atoms with Crippen LogP contribution in [-0.2, 0) is 9.53 Å². The molecule has 2 atom stereocenters. The summed E-state index contributed by atoms with van der Waals surface area (Å²) in [6, 6.07) is 0. The Labute approximate surface area is 103 Å². The average Bonchev–Trinajstić information content (AvgIpc) is 2.89. The molecule has 0 aromatic rings. The van der Waals surface area contributed by atoms with Gasteiger partial charge in [-0.3, -0.25) is 4.79 Å². The normalized spacial score (nSPS) is 29.6. The molecule has 1 amide bonds. The molecule has 17 heavy (non-hydrogen) atoms. The second kappa shape index (κ2) is 6.36. The third-order valence-corrected chi connectivity index (χ3v) is 3.91. The largest absolute Gasteiger partial charge is 0.378 e. The van der Waals surface area contributed by atoms with Crippen LogP contribution in [0, 0.1) is 5.92 Å². The van der Waals surface area contributed by atoms with Gasteiger partial charge in [0.1, 0.15) is 0 Å². The quantitative estimate of drug-likeness (QED) is 0.802. The van der Waals surface area contributed by atoms with Crippen molar-refractivity contribution in [3.05, 3.63) is 0 Å². The van der Waals surface area contributed by atoms with Gasteiger partial charge >= 0.3 is 0 Å². The number of rotatable bonds is 4. The Kier molecular flexibility index (Phi) is 4.80. The smallest absolute Gasteiger partial charge is 0.222 e. The fourth-order valence-corrected chi connectivity index (χ4v) is 2.80. The van der Waals surface area contributed by atoms with Gasteiger partial charge in [0.25, 0.3) is 0 Å². The molecule has 0 saturated carbocycles. The summed E-state index contributed by atoms with van der Waals surface area (Å²) in [6.45, 7) is 3.36. The van der Waals surface area contributed by atoms with Crippen LogP contribution in [0.2, 0.25) is 0 Å². The number of piperidine rings is 1. The molecule has 0 bridgehead atoms. The van der Waals surface area contributed by atoms with Gasteiger partial charge < -0.3 is 15.4 Å². The van der Waals surface area contributed by atoms with Crippen LogP contribution in [0.25, 0.3) is 0 Å². The molecular weight excluding hydrogens is 216 g/mol. The highest BCUT2D eigenvalue weighted by Gasteiger charge is 2.24. The molecule has 2 heterocycles. The molecule has 2 aliphatic heterocycles. The van der Waals surface area contributed by atoms with Gasteiger partial charge in [0.05, 0.1) is 6.10 Å². The molecule has 0 aromatic heterocycles. The molecule has 4 heteroatoms. The van der Waals surface area contributed by atoms with Gasteiger partial charge in [-0.2, -0.15) is 0 Å². The summed E-state index contributed by atoms with van der Waals surface area (Å²) in [5.74, 6) is 0.800. The third-order valence-electron chi connectivity index (χ3n) is 3.91. The predicted octanol–water partition coefficient (Wildman–Crippen LogP) is 1.14. The molecule has 2 unspecified atom stereocenters. The van der Waals surface area contributed by atoms with Crippen molar-refractivity contribution >= 4 is 5.91 Å². The van der Waals surface area contributed by atoms with Crippen LogP contribution in [0.1, 0.15) is 38.5 Å². The van der Waals surface area contributed by atoms with Crippen molar-refractivity contribution in [2.24, 2.45) is 11.7 Å². The number of nitrogens with two attached hydrogens (primary N) is 1. The number of carbonyl (C=O) groups excluding carboxylic acids is 1. The van der Waals surface area contributed by atoms with Crippen molar-refractivity contribution in [3.8, 4) is 0 Å². The molecular formula is C13H24N2O2. The molecule has 0 aliphatic carbocycles. The van der Waals surface area contributed by atoms with Gasteiger partial charge in [0, 0.05) is 26.1 Å². The van der Waals surface area contributed by atoms with Gasteiger partial charge in [0.2, 0.25) is 5.91 Å². The van der Waals surface area contributed by atoms with E-state index >= 15 is 0 Å². The minimum absolute atomic E-state index is 0.290. The van der Waals surface area contributed by atoms with E-state index in [0.717, 1.165) is 45.4 Å². The van der Waals surface area contributed by atoms with Crippen LogP contribution in [0.3, 0.4) is 0 Å².